The van der Waals surface area contributed by atoms with Gasteiger partial charge in [-0.1, -0.05) is 6.92 Å². The van der Waals surface area contributed by atoms with Gasteiger partial charge in [0.2, 0.25) is 0 Å². The van der Waals surface area contributed by atoms with Crippen LogP contribution in [-0.4, -0.2) is 29.5 Å². The van der Waals surface area contributed by atoms with Crippen LogP contribution in [0, 0.1) is 0 Å². The van der Waals surface area contributed by atoms with Crippen LogP contribution >= 0.6 is 11.8 Å². The summed E-state index contributed by atoms with van der Waals surface area (Å²) in [5.74, 6) is 1.41. The van der Waals surface area contributed by atoms with Crippen LogP contribution in [0.2, 0.25) is 0 Å². The number of imide groups is 1. The van der Waals surface area contributed by atoms with Gasteiger partial charge in [-0.3, -0.25) is 10.1 Å². The highest BCUT2D eigenvalue weighted by Crippen LogP contribution is 2.04. The standard InChI is InChI=1S/C6H10N2O2S/c1-2-11-3-4-5(9)8-6(10)7-4/h4H,2-3H2,1H3,(H2,7,8,9,10)/t4-/m0/s1. The van der Waals surface area contributed by atoms with Gasteiger partial charge in [0, 0.05) is 5.75 Å². The lowest BCUT2D eigenvalue weighted by Crippen LogP contribution is -2.31. The molecule has 0 radical (unpaired) electrons. The molecule has 1 aliphatic rings. The molecule has 1 atom stereocenters. The third kappa shape index (κ3) is 2.11. The smallest absolute Gasteiger partial charge is 0.322 e. The Morgan fingerprint density at radius 3 is 2.73 bits per heavy atom. The number of carbonyl (C=O) groups is 2. The molecule has 1 heterocycles. The Balaban J connectivity index is 2.34. The molecular formula is C6H10N2O2S. The average molecular weight is 174 g/mol. The van der Waals surface area contributed by atoms with Gasteiger partial charge >= 0.3 is 6.03 Å². The fourth-order valence-corrected chi connectivity index (χ4v) is 1.52. The molecule has 0 aromatic rings. The minimum Gasteiger partial charge on any atom is -0.325 e. The maximum Gasteiger partial charge on any atom is 0.322 e. The summed E-state index contributed by atoms with van der Waals surface area (Å²) in [4.78, 5) is 21.5. The highest BCUT2D eigenvalue weighted by Gasteiger charge is 2.28. The summed E-state index contributed by atoms with van der Waals surface area (Å²) in [6, 6.07) is -0.704. The summed E-state index contributed by atoms with van der Waals surface area (Å²) in [7, 11) is 0. The molecule has 0 aliphatic carbocycles. The second-order valence-electron chi connectivity index (χ2n) is 2.17. The van der Waals surface area contributed by atoms with Crippen molar-refractivity contribution in [1.29, 1.82) is 0 Å². The topological polar surface area (TPSA) is 58.2 Å². The summed E-state index contributed by atoms with van der Waals surface area (Å²) in [5.41, 5.74) is 0. The third-order valence-corrected chi connectivity index (χ3v) is 2.32. The molecule has 0 unspecified atom stereocenters. The Morgan fingerprint density at radius 2 is 2.27 bits per heavy atom. The Hall–Kier alpha value is -0.710. The molecular weight excluding hydrogens is 164 g/mol. The second kappa shape index (κ2) is 3.61. The van der Waals surface area contributed by atoms with E-state index in [1.807, 2.05) is 6.92 Å². The van der Waals surface area contributed by atoms with E-state index in [4.69, 9.17) is 0 Å². The maximum atomic E-state index is 10.9. The molecule has 62 valence electrons. The van der Waals surface area contributed by atoms with Crippen LogP contribution in [0.4, 0.5) is 4.79 Å². The molecule has 0 aromatic carbocycles. The lowest BCUT2D eigenvalue weighted by Gasteiger charge is -2.03. The van der Waals surface area contributed by atoms with Gasteiger partial charge in [-0.15, -0.1) is 0 Å². The zero-order chi connectivity index (χ0) is 8.27. The van der Waals surface area contributed by atoms with Gasteiger partial charge in [0.05, 0.1) is 0 Å². The number of carbonyl (C=O) groups excluding carboxylic acids is 2. The van der Waals surface area contributed by atoms with Gasteiger partial charge in [-0.25, -0.2) is 4.79 Å². The summed E-state index contributed by atoms with van der Waals surface area (Å²) < 4.78 is 0. The van der Waals surface area contributed by atoms with Gasteiger partial charge in [-0.2, -0.15) is 11.8 Å². The van der Waals surface area contributed by atoms with Crippen molar-refractivity contribution in [1.82, 2.24) is 10.6 Å². The largest absolute Gasteiger partial charge is 0.325 e. The lowest BCUT2D eigenvalue weighted by atomic mass is 10.3. The first-order chi connectivity index (χ1) is 5.24. The zero-order valence-electron chi connectivity index (χ0n) is 6.22. The Bertz CT molecular complexity index is 183. The lowest BCUT2D eigenvalue weighted by molar-refractivity contribution is -0.119. The first-order valence-corrected chi connectivity index (χ1v) is 4.58. The molecule has 1 aliphatic heterocycles. The van der Waals surface area contributed by atoms with Crippen LogP contribution in [-0.2, 0) is 4.79 Å². The van der Waals surface area contributed by atoms with Gasteiger partial charge in [-0.05, 0) is 5.75 Å². The van der Waals surface area contributed by atoms with E-state index < -0.39 is 0 Å². The zero-order valence-corrected chi connectivity index (χ0v) is 7.03. The van der Waals surface area contributed by atoms with Crippen molar-refractivity contribution in [2.24, 2.45) is 0 Å². The van der Waals surface area contributed by atoms with Crippen LogP contribution in [0.3, 0.4) is 0 Å². The fraction of sp³-hybridized carbons (Fsp3) is 0.667. The van der Waals surface area contributed by atoms with Gasteiger partial charge < -0.3 is 5.32 Å². The molecule has 5 heteroatoms. The number of rotatable bonds is 3. The number of hydrogen-bond acceptors (Lipinski definition) is 3. The first-order valence-electron chi connectivity index (χ1n) is 3.43. The Kier molecular flexibility index (Phi) is 2.76. The summed E-state index contributed by atoms with van der Waals surface area (Å²) in [5, 5.41) is 4.69. The SMILES string of the molecule is CCSC[C@@H]1NC(=O)NC1=O. The summed E-state index contributed by atoms with van der Waals surface area (Å²) >= 11 is 1.64. The highest BCUT2D eigenvalue weighted by molar-refractivity contribution is 7.99. The number of thioether (sulfide) groups is 1. The van der Waals surface area contributed by atoms with E-state index in [0.29, 0.717) is 5.75 Å². The third-order valence-electron chi connectivity index (χ3n) is 1.35. The van der Waals surface area contributed by atoms with Crippen LogP contribution in [0.1, 0.15) is 6.92 Å². The van der Waals surface area contributed by atoms with E-state index in [9.17, 15) is 9.59 Å². The summed E-state index contributed by atoms with van der Waals surface area (Å²) in [6.45, 7) is 2.01. The van der Waals surface area contributed by atoms with E-state index in [1.54, 1.807) is 11.8 Å². The first kappa shape index (κ1) is 8.39. The molecule has 4 nitrogen and oxygen atoms in total. The summed E-state index contributed by atoms with van der Waals surface area (Å²) in [6.07, 6.45) is 0. The normalized spacial score (nSPS) is 23.2. The van der Waals surface area contributed by atoms with Crippen molar-refractivity contribution >= 4 is 23.7 Å². The molecule has 0 spiro atoms. The minimum absolute atomic E-state index is 0.212. The molecule has 0 bridgehead atoms. The minimum atomic E-state index is -0.378. The molecule has 1 fully saturated rings. The van der Waals surface area contributed by atoms with Crippen LogP contribution in [0.25, 0.3) is 0 Å². The van der Waals surface area contributed by atoms with E-state index in [0.717, 1.165) is 5.75 Å². The molecule has 1 saturated heterocycles. The van der Waals surface area contributed by atoms with Gasteiger partial charge in [0.1, 0.15) is 6.04 Å². The van der Waals surface area contributed by atoms with Crippen molar-refractivity contribution < 1.29 is 9.59 Å². The molecule has 11 heavy (non-hydrogen) atoms. The maximum absolute atomic E-state index is 10.9. The average Bonchev–Trinajstić information content (AvgIpc) is 2.26. The van der Waals surface area contributed by atoms with Gasteiger partial charge in [0.25, 0.3) is 5.91 Å². The van der Waals surface area contributed by atoms with Gasteiger partial charge in [0.15, 0.2) is 0 Å². The van der Waals surface area contributed by atoms with E-state index in [2.05, 4.69) is 10.6 Å². The molecule has 2 N–H and O–H groups in total. The molecule has 3 amide bonds. The Morgan fingerprint density at radius 1 is 1.55 bits per heavy atom. The number of urea groups is 1. The number of amides is 3. The van der Waals surface area contributed by atoms with Crippen molar-refractivity contribution in [2.75, 3.05) is 11.5 Å². The molecule has 0 saturated carbocycles. The highest BCUT2D eigenvalue weighted by atomic mass is 32.2. The van der Waals surface area contributed by atoms with Crippen LogP contribution in [0.5, 0.6) is 0 Å². The van der Waals surface area contributed by atoms with E-state index >= 15 is 0 Å². The van der Waals surface area contributed by atoms with Crippen LogP contribution < -0.4 is 10.6 Å². The van der Waals surface area contributed by atoms with Crippen molar-refractivity contribution in [2.45, 2.75) is 13.0 Å². The molecule has 0 aromatic heterocycles. The van der Waals surface area contributed by atoms with E-state index in [1.165, 1.54) is 0 Å². The predicted molar refractivity (Wildman–Crippen MR) is 43.5 cm³/mol. The fourth-order valence-electron chi connectivity index (χ4n) is 0.812. The second-order valence-corrected chi connectivity index (χ2v) is 3.49. The van der Waals surface area contributed by atoms with Crippen molar-refractivity contribution in [3.05, 3.63) is 0 Å². The monoisotopic (exact) mass is 174 g/mol. The van der Waals surface area contributed by atoms with Crippen molar-refractivity contribution in [3.63, 3.8) is 0 Å². The van der Waals surface area contributed by atoms with Crippen LogP contribution in [0.15, 0.2) is 0 Å². The van der Waals surface area contributed by atoms with Crippen molar-refractivity contribution in [3.8, 4) is 0 Å². The predicted octanol–water partition coefficient (Wildman–Crippen LogP) is -0.0525. The Labute approximate surface area is 69.1 Å². The number of nitrogens with one attached hydrogen (secondary N) is 2. The van der Waals surface area contributed by atoms with E-state index in [-0.39, 0.29) is 18.0 Å². The molecule has 1 rings (SSSR count). The quantitative estimate of drug-likeness (QED) is 0.590. The number of hydrogen-bond donors (Lipinski definition) is 2.